The molecule has 1 unspecified atom stereocenters. The van der Waals surface area contributed by atoms with E-state index in [0.717, 1.165) is 24.3 Å². The van der Waals surface area contributed by atoms with Crippen LogP contribution in [0, 0.1) is 11.8 Å². The summed E-state index contributed by atoms with van der Waals surface area (Å²) in [5, 5.41) is 0. The molecule has 6 heteroatoms. The largest absolute Gasteiger partial charge is 0.394 e. The van der Waals surface area contributed by atoms with E-state index in [0.29, 0.717) is 11.5 Å². The maximum absolute atomic E-state index is 14.8. The van der Waals surface area contributed by atoms with E-state index in [1.165, 1.54) is 57.1 Å². The van der Waals surface area contributed by atoms with Gasteiger partial charge in [0.25, 0.3) is 0 Å². The normalized spacial score (nSPS) is 20.7. The smallest absolute Gasteiger partial charge is 0.384 e. The molecular formula is C28H33F5O. The Morgan fingerprint density at radius 2 is 1.41 bits per heavy atom. The van der Waals surface area contributed by atoms with Crippen LogP contribution in [-0.4, -0.2) is 19.9 Å². The molecule has 186 valence electrons. The fraction of sp³-hybridized carbons (Fsp3) is 0.500. The minimum Gasteiger partial charge on any atom is -0.384 e. The maximum Gasteiger partial charge on any atom is 0.394 e. The Kier molecular flexibility index (Phi) is 9.29. The summed E-state index contributed by atoms with van der Waals surface area (Å²) in [7, 11) is 1.22. The quantitative estimate of drug-likeness (QED) is 0.257. The number of hydrogen-bond donors (Lipinski definition) is 0. The van der Waals surface area contributed by atoms with E-state index in [2.05, 4.69) is 11.7 Å². The molecule has 0 N–H and O–H groups in total. The summed E-state index contributed by atoms with van der Waals surface area (Å²) < 4.78 is 73.6. The summed E-state index contributed by atoms with van der Waals surface area (Å²) in [6.07, 6.45) is 2.50. The zero-order valence-electron chi connectivity index (χ0n) is 19.8. The average molecular weight is 481 g/mol. The van der Waals surface area contributed by atoms with Crippen LogP contribution in [0.25, 0.3) is 11.7 Å². The van der Waals surface area contributed by atoms with Gasteiger partial charge in [-0.25, -0.2) is 8.78 Å². The van der Waals surface area contributed by atoms with Crippen LogP contribution in [0.5, 0.6) is 0 Å². The van der Waals surface area contributed by atoms with Gasteiger partial charge in [-0.15, -0.1) is 0 Å². The second-order valence-corrected chi connectivity index (χ2v) is 9.35. The molecule has 2 aromatic rings. The molecule has 0 amide bonds. The molecule has 0 aliphatic heterocycles. The maximum atomic E-state index is 14.8. The highest BCUT2D eigenvalue weighted by Gasteiger charge is 2.39. The van der Waals surface area contributed by atoms with Crippen molar-refractivity contribution in [1.29, 1.82) is 0 Å². The summed E-state index contributed by atoms with van der Waals surface area (Å²) >= 11 is 0. The van der Waals surface area contributed by atoms with E-state index in [1.54, 1.807) is 12.1 Å². The Bertz CT molecular complexity index is 923. The van der Waals surface area contributed by atoms with Crippen LogP contribution in [0.4, 0.5) is 22.0 Å². The van der Waals surface area contributed by atoms with Crippen molar-refractivity contribution in [3.8, 4) is 0 Å². The van der Waals surface area contributed by atoms with Crippen molar-refractivity contribution < 1.29 is 26.7 Å². The predicted molar refractivity (Wildman–Crippen MR) is 127 cm³/mol. The van der Waals surface area contributed by atoms with E-state index < -0.39 is 30.4 Å². The van der Waals surface area contributed by atoms with Crippen molar-refractivity contribution in [2.45, 2.75) is 64.0 Å². The molecule has 0 saturated heterocycles. The van der Waals surface area contributed by atoms with Gasteiger partial charge >= 0.3 is 6.18 Å². The lowest BCUT2D eigenvalue weighted by molar-refractivity contribution is -0.185. The van der Waals surface area contributed by atoms with E-state index >= 15 is 0 Å². The van der Waals surface area contributed by atoms with Crippen molar-refractivity contribution in [1.82, 2.24) is 0 Å². The Morgan fingerprint density at radius 3 is 1.88 bits per heavy atom. The van der Waals surface area contributed by atoms with Gasteiger partial charge in [0.1, 0.15) is 0 Å². The highest BCUT2D eigenvalue weighted by atomic mass is 19.4. The van der Waals surface area contributed by atoms with Gasteiger partial charge < -0.3 is 4.74 Å². The fourth-order valence-corrected chi connectivity index (χ4v) is 4.89. The Labute approximate surface area is 199 Å². The molecule has 1 saturated carbocycles. The third-order valence-corrected chi connectivity index (χ3v) is 6.89. The number of halogens is 5. The highest BCUT2D eigenvalue weighted by molar-refractivity contribution is 5.83. The molecule has 34 heavy (non-hydrogen) atoms. The second-order valence-electron chi connectivity index (χ2n) is 9.35. The molecule has 1 nitrogen and oxygen atoms in total. The standard InChI is InChI=1S/C28H33F5O/c1-3-4-19-5-9-21(10-6-19)22-13-15-24(16-14-22)27(30)26(29)23-11-7-20(8-12-23)17-25(18-34-2)28(31,32)33/h7-8,11-16,19,21,25H,3-6,9-10,17-18H2,1-2H3/b27-26-. The summed E-state index contributed by atoms with van der Waals surface area (Å²) in [6.45, 7) is 1.76. The molecule has 3 rings (SSSR count). The third kappa shape index (κ3) is 6.91. The molecule has 1 aliphatic carbocycles. The SMILES string of the molecule is CCCC1CCC(c2ccc(/C(F)=C(/F)c3ccc(CC(COC)C(F)(F)F)cc3)cc2)CC1. The first-order chi connectivity index (χ1) is 16.2. The van der Waals surface area contributed by atoms with Crippen LogP contribution < -0.4 is 0 Å². The topological polar surface area (TPSA) is 9.23 Å². The first-order valence-corrected chi connectivity index (χ1v) is 12.0. The van der Waals surface area contributed by atoms with Crippen molar-refractivity contribution in [2.24, 2.45) is 11.8 Å². The predicted octanol–water partition coefficient (Wildman–Crippen LogP) is 8.89. The van der Waals surface area contributed by atoms with Crippen molar-refractivity contribution in [2.75, 3.05) is 13.7 Å². The lowest BCUT2D eigenvalue weighted by Gasteiger charge is -2.28. The van der Waals surface area contributed by atoms with Crippen LogP contribution >= 0.6 is 0 Å². The first-order valence-electron chi connectivity index (χ1n) is 12.0. The molecule has 0 bridgehead atoms. The summed E-state index contributed by atoms with van der Waals surface area (Å²) in [4.78, 5) is 0. The third-order valence-electron chi connectivity index (χ3n) is 6.89. The van der Waals surface area contributed by atoms with Gasteiger partial charge in [-0.1, -0.05) is 68.3 Å². The molecule has 0 heterocycles. The molecule has 0 radical (unpaired) electrons. The highest BCUT2D eigenvalue weighted by Crippen LogP contribution is 2.38. The number of benzene rings is 2. The van der Waals surface area contributed by atoms with Gasteiger partial charge in [0.15, 0.2) is 11.7 Å². The molecule has 1 atom stereocenters. The lowest BCUT2D eigenvalue weighted by atomic mass is 9.77. The Hall–Kier alpha value is -2.21. The van der Waals surface area contributed by atoms with Crippen LogP contribution in [0.1, 0.15) is 73.6 Å². The van der Waals surface area contributed by atoms with Crippen molar-refractivity contribution in [3.63, 3.8) is 0 Å². The van der Waals surface area contributed by atoms with Crippen LogP contribution in [0.2, 0.25) is 0 Å². The number of alkyl halides is 3. The summed E-state index contributed by atoms with van der Waals surface area (Å²) in [6, 6.07) is 12.4. The summed E-state index contributed by atoms with van der Waals surface area (Å²) in [5.74, 6) is -2.38. The van der Waals surface area contributed by atoms with Gasteiger partial charge in [0, 0.05) is 18.2 Å². The van der Waals surface area contributed by atoms with E-state index in [-0.39, 0.29) is 17.5 Å². The van der Waals surface area contributed by atoms with Gasteiger partial charge in [-0.05, 0) is 55.1 Å². The van der Waals surface area contributed by atoms with Gasteiger partial charge in [-0.3, -0.25) is 0 Å². The lowest BCUT2D eigenvalue weighted by Crippen LogP contribution is -2.29. The minimum absolute atomic E-state index is 0.00475. The molecule has 1 fully saturated rings. The zero-order chi connectivity index (χ0) is 24.7. The Morgan fingerprint density at radius 1 is 0.882 bits per heavy atom. The Balaban J connectivity index is 1.67. The van der Waals surface area contributed by atoms with E-state index in [1.807, 2.05) is 12.1 Å². The van der Waals surface area contributed by atoms with Gasteiger partial charge in [-0.2, -0.15) is 13.2 Å². The number of rotatable bonds is 9. The average Bonchev–Trinajstić information content (AvgIpc) is 2.83. The second kappa shape index (κ2) is 12.0. The van der Waals surface area contributed by atoms with Crippen molar-refractivity contribution in [3.05, 3.63) is 70.8 Å². The van der Waals surface area contributed by atoms with Crippen LogP contribution in [-0.2, 0) is 11.2 Å². The molecule has 1 aliphatic rings. The molecular weight excluding hydrogens is 447 g/mol. The van der Waals surface area contributed by atoms with Crippen molar-refractivity contribution >= 4 is 11.7 Å². The number of hydrogen-bond acceptors (Lipinski definition) is 1. The summed E-state index contributed by atoms with van der Waals surface area (Å²) in [5.41, 5.74) is 1.69. The zero-order valence-corrected chi connectivity index (χ0v) is 19.8. The molecule has 2 aromatic carbocycles. The van der Waals surface area contributed by atoms with Gasteiger partial charge in [0.2, 0.25) is 0 Å². The minimum atomic E-state index is -4.40. The number of methoxy groups -OCH3 is 1. The van der Waals surface area contributed by atoms with Crippen LogP contribution in [0.15, 0.2) is 48.5 Å². The van der Waals surface area contributed by atoms with Crippen LogP contribution in [0.3, 0.4) is 0 Å². The fourth-order valence-electron chi connectivity index (χ4n) is 4.89. The van der Waals surface area contributed by atoms with E-state index in [9.17, 15) is 22.0 Å². The molecule has 0 aromatic heterocycles. The first kappa shape index (κ1) is 26.4. The molecule has 0 spiro atoms. The number of ether oxygens (including phenoxy) is 1. The van der Waals surface area contributed by atoms with E-state index in [4.69, 9.17) is 0 Å². The van der Waals surface area contributed by atoms with Gasteiger partial charge in [0.05, 0.1) is 12.5 Å². The monoisotopic (exact) mass is 480 g/mol.